The first-order chi connectivity index (χ1) is 12.8. The summed E-state index contributed by atoms with van der Waals surface area (Å²) in [6.07, 6.45) is 3.94. The second-order valence-corrected chi connectivity index (χ2v) is 8.04. The number of aliphatic imine (C=N–C) groups is 1. The van der Waals surface area contributed by atoms with Gasteiger partial charge in [-0.05, 0) is 57.5 Å². The first kappa shape index (κ1) is 21.2. The lowest BCUT2D eigenvalue weighted by molar-refractivity contribution is 0.0827. The molecule has 27 heavy (non-hydrogen) atoms. The smallest absolute Gasteiger partial charge is 0.253 e. The van der Waals surface area contributed by atoms with E-state index in [0.29, 0.717) is 12.1 Å². The van der Waals surface area contributed by atoms with Gasteiger partial charge in [0.05, 0.1) is 0 Å². The predicted molar refractivity (Wildman–Crippen MR) is 112 cm³/mol. The van der Waals surface area contributed by atoms with E-state index in [0.717, 1.165) is 18.1 Å². The van der Waals surface area contributed by atoms with Crippen LogP contribution >= 0.6 is 0 Å². The molecule has 1 saturated heterocycles. The zero-order valence-corrected chi connectivity index (χ0v) is 17.5. The van der Waals surface area contributed by atoms with Gasteiger partial charge in [-0.3, -0.25) is 14.7 Å². The summed E-state index contributed by atoms with van der Waals surface area (Å²) >= 11 is 0. The Balaban J connectivity index is 1.84. The van der Waals surface area contributed by atoms with Gasteiger partial charge < -0.3 is 15.5 Å². The van der Waals surface area contributed by atoms with Crippen LogP contribution in [-0.4, -0.2) is 68.0 Å². The van der Waals surface area contributed by atoms with E-state index in [2.05, 4.69) is 34.4 Å². The molecule has 0 aliphatic carbocycles. The summed E-state index contributed by atoms with van der Waals surface area (Å²) in [6, 6.07) is 7.70. The van der Waals surface area contributed by atoms with Gasteiger partial charge in [-0.15, -0.1) is 0 Å². The standard InChI is InChI=1S/C21H35N5O/c1-21(2,26-13-7-6-8-14-26)16-24-20(22-3)23-15-17-9-11-18(12-10-17)19(27)25(4)5/h9-12H,6-8,13-16H2,1-5H3,(H2,22,23,24). The van der Waals surface area contributed by atoms with Gasteiger partial charge in [0.15, 0.2) is 5.96 Å². The number of amides is 1. The average molecular weight is 374 g/mol. The number of benzene rings is 1. The SMILES string of the molecule is CN=C(NCc1ccc(C(=O)N(C)C)cc1)NCC(C)(C)N1CCCCC1. The molecular formula is C21H35N5O. The van der Waals surface area contributed by atoms with Crippen LogP contribution in [0.1, 0.15) is 49.0 Å². The number of hydrogen-bond donors (Lipinski definition) is 2. The Morgan fingerprint density at radius 3 is 2.30 bits per heavy atom. The third-order valence-corrected chi connectivity index (χ3v) is 5.19. The number of likely N-dealkylation sites (tertiary alicyclic amines) is 1. The van der Waals surface area contributed by atoms with Crippen molar-refractivity contribution in [2.24, 2.45) is 4.99 Å². The van der Waals surface area contributed by atoms with E-state index in [-0.39, 0.29) is 11.4 Å². The summed E-state index contributed by atoms with van der Waals surface area (Å²) in [4.78, 5) is 20.4. The minimum absolute atomic E-state index is 0.0203. The Hall–Kier alpha value is -2.08. The van der Waals surface area contributed by atoms with Gasteiger partial charge in [-0.1, -0.05) is 18.6 Å². The third kappa shape index (κ3) is 6.24. The van der Waals surface area contributed by atoms with Gasteiger partial charge >= 0.3 is 0 Å². The van der Waals surface area contributed by atoms with Crippen LogP contribution in [0.2, 0.25) is 0 Å². The van der Waals surface area contributed by atoms with Crippen molar-refractivity contribution >= 4 is 11.9 Å². The summed E-state index contributed by atoms with van der Waals surface area (Å²) < 4.78 is 0. The number of nitrogens with one attached hydrogen (secondary N) is 2. The minimum atomic E-state index is 0.0203. The first-order valence-corrected chi connectivity index (χ1v) is 9.83. The topological polar surface area (TPSA) is 60.0 Å². The minimum Gasteiger partial charge on any atom is -0.355 e. The van der Waals surface area contributed by atoms with Crippen molar-refractivity contribution in [3.05, 3.63) is 35.4 Å². The molecule has 1 aliphatic heterocycles. The van der Waals surface area contributed by atoms with Crippen molar-refractivity contribution in [1.29, 1.82) is 0 Å². The van der Waals surface area contributed by atoms with Crippen molar-refractivity contribution in [2.45, 2.75) is 45.2 Å². The van der Waals surface area contributed by atoms with E-state index in [1.807, 2.05) is 24.3 Å². The highest BCUT2D eigenvalue weighted by Crippen LogP contribution is 2.19. The molecule has 1 aliphatic rings. The highest BCUT2D eigenvalue weighted by atomic mass is 16.2. The molecule has 150 valence electrons. The largest absolute Gasteiger partial charge is 0.355 e. The van der Waals surface area contributed by atoms with Gasteiger partial charge in [0.1, 0.15) is 0 Å². The Kier molecular flexibility index (Phi) is 7.66. The molecule has 2 rings (SSSR count). The van der Waals surface area contributed by atoms with E-state index >= 15 is 0 Å². The van der Waals surface area contributed by atoms with Crippen LogP contribution in [0.15, 0.2) is 29.3 Å². The average Bonchev–Trinajstić information content (AvgIpc) is 2.68. The molecule has 1 aromatic carbocycles. The highest BCUT2D eigenvalue weighted by Gasteiger charge is 2.27. The van der Waals surface area contributed by atoms with E-state index in [1.165, 1.54) is 32.4 Å². The molecule has 6 heteroatoms. The molecule has 0 unspecified atom stereocenters. The number of guanidine groups is 1. The zero-order valence-electron chi connectivity index (χ0n) is 17.5. The fourth-order valence-corrected chi connectivity index (χ4v) is 3.34. The molecule has 0 atom stereocenters. The van der Waals surface area contributed by atoms with Crippen LogP contribution in [-0.2, 0) is 6.54 Å². The van der Waals surface area contributed by atoms with Crippen molar-refractivity contribution in [3.63, 3.8) is 0 Å². The van der Waals surface area contributed by atoms with Crippen molar-refractivity contribution in [2.75, 3.05) is 40.8 Å². The molecule has 0 saturated carbocycles. The molecular weight excluding hydrogens is 338 g/mol. The fraction of sp³-hybridized carbons (Fsp3) is 0.619. The monoisotopic (exact) mass is 373 g/mol. The molecule has 0 radical (unpaired) electrons. The van der Waals surface area contributed by atoms with E-state index < -0.39 is 0 Å². The molecule has 0 spiro atoms. The summed E-state index contributed by atoms with van der Waals surface area (Å²) in [5, 5.41) is 6.82. The second kappa shape index (κ2) is 9.74. The summed E-state index contributed by atoms with van der Waals surface area (Å²) in [6.45, 7) is 8.46. The maximum absolute atomic E-state index is 12.0. The molecule has 6 nitrogen and oxygen atoms in total. The number of piperidine rings is 1. The van der Waals surface area contributed by atoms with Crippen LogP contribution < -0.4 is 10.6 Å². The van der Waals surface area contributed by atoms with E-state index in [4.69, 9.17) is 0 Å². The van der Waals surface area contributed by atoms with E-state index in [9.17, 15) is 4.79 Å². The number of hydrogen-bond acceptors (Lipinski definition) is 3. The molecule has 0 bridgehead atoms. The molecule has 1 fully saturated rings. The maximum Gasteiger partial charge on any atom is 0.253 e. The first-order valence-electron chi connectivity index (χ1n) is 9.83. The summed E-state index contributed by atoms with van der Waals surface area (Å²) in [5.74, 6) is 0.820. The van der Waals surface area contributed by atoms with Gasteiger partial charge in [-0.25, -0.2) is 0 Å². The summed E-state index contributed by atoms with van der Waals surface area (Å²) in [5.41, 5.74) is 1.92. The van der Waals surface area contributed by atoms with Crippen LogP contribution in [0.25, 0.3) is 0 Å². The van der Waals surface area contributed by atoms with E-state index in [1.54, 1.807) is 26.0 Å². The quantitative estimate of drug-likeness (QED) is 0.593. The summed E-state index contributed by atoms with van der Waals surface area (Å²) in [7, 11) is 5.32. The lowest BCUT2D eigenvalue weighted by Crippen LogP contribution is -2.54. The number of nitrogens with zero attached hydrogens (tertiary/aromatic N) is 3. The second-order valence-electron chi connectivity index (χ2n) is 8.04. The third-order valence-electron chi connectivity index (χ3n) is 5.19. The maximum atomic E-state index is 12.0. The van der Waals surface area contributed by atoms with Crippen molar-refractivity contribution < 1.29 is 4.79 Å². The van der Waals surface area contributed by atoms with Crippen LogP contribution in [0.3, 0.4) is 0 Å². The van der Waals surface area contributed by atoms with Gasteiger partial charge in [-0.2, -0.15) is 0 Å². The molecule has 1 aromatic rings. The van der Waals surface area contributed by atoms with Crippen LogP contribution in [0.4, 0.5) is 0 Å². The van der Waals surface area contributed by atoms with Crippen LogP contribution in [0, 0.1) is 0 Å². The molecule has 1 amide bonds. The molecule has 2 N–H and O–H groups in total. The van der Waals surface area contributed by atoms with Crippen molar-refractivity contribution in [3.8, 4) is 0 Å². The van der Waals surface area contributed by atoms with Crippen LogP contribution in [0.5, 0.6) is 0 Å². The highest BCUT2D eigenvalue weighted by molar-refractivity contribution is 5.93. The number of carbonyl (C=O) groups is 1. The lowest BCUT2D eigenvalue weighted by atomic mass is 9.98. The number of rotatable bonds is 6. The number of carbonyl (C=O) groups excluding carboxylic acids is 1. The van der Waals surface area contributed by atoms with Gasteiger partial charge in [0.25, 0.3) is 5.91 Å². The predicted octanol–water partition coefficient (Wildman–Crippen LogP) is 2.32. The Labute approximate surface area is 164 Å². The zero-order chi connectivity index (χ0) is 19.9. The molecule has 0 aromatic heterocycles. The Morgan fingerprint density at radius 1 is 1.11 bits per heavy atom. The Bertz CT molecular complexity index is 630. The van der Waals surface area contributed by atoms with Gasteiger partial charge in [0.2, 0.25) is 0 Å². The van der Waals surface area contributed by atoms with Gasteiger partial charge in [0, 0.05) is 45.3 Å². The van der Waals surface area contributed by atoms with Crippen molar-refractivity contribution in [1.82, 2.24) is 20.4 Å². The fourth-order valence-electron chi connectivity index (χ4n) is 3.34. The lowest BCUT2D eigenvalue weighted by Gasteiger charge is -2.41. The molecule has 1 heterocycles. The normalized spacial score (nSPS) is 16.1. The Morgan fingerprint density at radius 2 is 1.74 bits per heavy atom.